The van der Waals surface area contributed by atoms with Gasteiger partial charge < -0.3 is 9.47 Å². The summed E-state index contributed by atoms with van der Waals surface area (Å²) in [5.41, 5.74) is 0. The van der Waals surface area contributed by atoms with E-state index in [1.54, 1.807) is 0 Å². The van der Waals surface area contributed by atoms with E-state index < -0.39 is 36.7 Å². The third-order valence-electron chi connectivity index (χ3n) is 3.95. The second kappa shape index (κ2) is 9.22. The van der Waals surface area contributed by atoms with Crippen LogP contribution in [0.2, 0.25) is 0 Å². The van der Waals surface area contributed by atoms with E-state index in [1.807, 2.05) is 11.8 Å². The van der Waals surface area contributed by atoms with Crippen LogP contribution < -0.4 is 0 Å². The molecule has 1 rings (SSSR count). The third-order valence-corrected chi connectivity index (χ3v) is 5.00. The van der Waals surface area contributed by atoms with Crippen LogP contribution in [0.1, 0.15) is 33.1 Å². The Morgan fingerprint density at radius 3 is 2.29 bits per heavy atom. The summed E-state index contributed by atoms with van der Waals surface area (Å²) in [5.74, 6) is -5.06. The SMILES string of the molecule is CC(C(=O)OC(COCCC1CCSCC1)C(C)(F)F)C(F)(F)F. The number of hydrogen-bond donors (Lipinski definition) is 0. The van der Waals surface area contributed by atoms with Gasteiger partial charge in [0.25, 0.3) is 5.92 Å². The van der Waals surface area contributed by atoms with E-state index in [1.165, 1.54) is 0 Å². The topological polar surface area (TPSA) is 35.5 Å². The minimum Gasteiger partial charge on any atom is -0.453 e. The molecule has 0 aromatic rings. The van der Waals surface area contributed by atoms with Gasteiger partial charge in [0, 0.05) is 13.5 Å². The molecule has 0 N–H and O–H groups in total. The number of carbonyl (C=O) groups excluding carboxylic acids is 1. The second-order valence-corrected chi connectivity index (χ2v) is 7.29. The first kappa shape index (κ1) is 21.5. The number of ether oxygens (including phenoxy) is 2. The average Bonchev–Trinajstić information content (AvgIpc) is 2.48. The van der Waals surface area contributed by atoms with Gasteiger partial charge in [0.15, 0.2) is 6.10 Å². The zero-order valence-corrected chi connectivity index (χ0v) is 14.5. The normalized spacial score (nSPS) is 19.8. The van der Waals surface area contributed by atoms with E-state index in [2.05, 4.69) is 4.74 Å². The summed E-state index contributed by atoms with van der Waals surface area (Å²) in [6.45, 7) is 0.662. The number of thioether (sulfide) groups is 1. The zero-order valence-electron chi connectivity index (χ0n) is 13.7. The molecule has 1 aliphatic rings. The van der Waals surface area contributed by atoms with E-state index in [9.17, 15) is 26.7 Å². The molecule has 0 aliphatic carbocycles. The van der Waals surface area contributed by atoms with Crippen molar-refractivity contribution in [1.82, 2.24) is 0 Å². The van der Waals surface area contributed by atoms with Gasteiger partial charge in [-0.2, -0.15) is 24.9 Å². The minimum atomic E-state index is -4.83. The van der Waals surface area contributed by atoms with Crippen molar-refractivity contribution in [3.63, 3.8) is 0 Å². The Labute approximate surface area is 142 Å². The number of alkyl halides is 5. The highest BCUT2D eigenvalue weighted by atomic mass is 32.2. The first-order valence-electron chi connectivity index (χ1n) is 7.82. The standard InChI is InChI=1S/C15H23F5O3S/c1-10(15(18,19)20)13(21)23-12(14(2,16)17)9-22-6-3-11-4-7-24-8-5-11/h10-12H,3-9H2,1-2H3. The second-order valence-electron chi connectivity index (χ2n) is 6.06. The third kappa shape index (κ3) is 7.55. The van der Waals surface area contributed by atoms with Crippen molar-refractivity contribution >= 4 is 17.7 Å². The molecular weight excluding hydrogens is 355 g/mol. The summed E-state index contributed by atoms with van der Waals surface area (Å²) < 4.78 is 73.7. The molecule has 2 atom stereocenters. The van der Waals surface area contributed by atoms with Crippen LogP contribution in [0.25, 0.3) is 0 Å². The Balaban J connectivity index is 2.43. The largest absolute Gasteiger partial charge is 0.453 e. The molecule has 0 spiro atoms. The van der Waals surface area contributed by atoms with E-state index in [0.29, 0.717) is 26.2 Å². The fourth-order valence-electron chi connectivity index (χ4n) is 2.14. The van der Waals surface area contributed by atoms with Crippen molar-refractivity contribution in [3.8, 4) is 0 Å². The smallest absolute Gasteiger partial charge is 0.401 e. The maximum atomic E-state index is 13.4. The van der Waals surface area contributed by atoms with Gasteiger partial charge in [0.1, 0.15) is 5.92 Å². The maximum absolute atomic E-state index is 13.4. The van der Waals surface area contributed by atoms with Crippen molar-refractivity contribution < 1.29 is 36.2 Å². The molecule has 1 heterocycles. The number of halogens is 5. The van der Waals surface area contributed by atoms with Crippen LogP contribution in [0.4, 0.5) is 22.0 Å². The van der Waals surface area contributed by atoms with Crippen LogP contribution in [-0.2, 0) is 14.3 Å². The van der Waals surface area contributed by atoms with E-state index in [4.69, 9.17) is 4.74 Å². The molecule has 9 heteroatoms. The van der Waals surface area contributed by atoms with Gasteiger partial charge >= 0.3 is 12.1 Å². The zero-order chi connectivity index (χ0) is 18.4. The highest BCUT2D eigenvalue weighted by Gasteiger charge is 2.45. The van der Waals surface area contributed by atoms with Gasteiger partial charge in [-0.15, -0.1) is 0 Å². The van der Waals surface area contributed by atoms with E-state index >= 15 is 0 Å². The summed E-state index contributed by atoms with van der Waals surface area (Å²) in [4.78, 5) is 11.4. The lowest BCUT2D eigenvalue weighted by molar-refractivity contribution is -0.212. The monoisotopic (exact) mass is 378 g/mol. The summed E-state index contributed by atoms with van der Waals surface area (Å²) in [6.07, 6.45) is -4.07. The maximum Gasteiger partial charge on any atom is 0.401 e. The van der Waals surface area contributed by atoms with Gasteiger partial charge in [-0.1, -0.05) is 0 Å². The minimum absolute atomic E-state index is 0.217. The first-order chi connectivity index (χ1) is 11.0. The molecule has 0 bridgehead atoms. The lowest BCUT2D eigenvalue weighted by atomic mass is 10.00. The van der Waals surface area contributed by atoms with Crippen LogP contribution >= 0.6 is 11.8 Å². The molecule has 0 aromatic heterocycles. The van der Waals surface area contributed by atoms with Crippen molar-refractivity contribution in [2.75, 3.05) is 24.7 Å². The molecule has 0 radical (unpaired) electrons. The molecule has 2 unspecified atom stereocenters. The predicted molar refractivity (Wildman–Crippen MR) is 81.2 cm³/mol. The molecule has 24 heavy (non-hydrogen) atoms. The highest BCUT2D eigenvalue weighted by molar-refractivity contribution is 7.99. The number of rotatable bonds is 8. The summed E-state index contributed by atoms with van der Waals surface area (Å²) in [5, 5.41) is 0. The molecule has 1 fully saturated rings. The number of esters is 1. The van der Waals surface area contributed by atoms with Crippen molar-refractivity contribution in [3.05, 3.63) is 0 Å². The van der Waals surface area contributed by atoms with Crippen LogP contribution in [0.3, 0.4) is 0 Å². The van der Waals surface area contributed by atoms with Gasteiger partial charge in [-0.3, -0.25) is 4.79 Å². The molecule has 3 nitrogen and oxygen atoms in total. The van der Waals surface area contributed by atoms with Gasteiger partial charge in [0.05, 0.1) is 6.61 Å². The fourth-order valence-corrected chi connectivity index (χ4v) is 3.34. The Kier molecular flexibility index (Phi) is 8.25. The van der Waals surface area contributed by atoms with Crippen molar-refractivity contribution in [1.29, 1.82) is 0 Å². The molecule has 0 aromatic carbocycles. The summed E-state index contributed by atoms with van der Waals surface area (Å²) >= 11 is 1.87. The van der Waals surface area contributed by atoms with Crippen molar-refractivity contribution in [2.45, 2.75) is 51.3 Å². The molecule has 1 aliphatic heterocycles. The molecule has 142 valence electrons. The fraction of sp³-hybridized carbons (Fsp3) is 0.933. The first-order valence-corrected chi connectivity index (χ1v) is 8.97. The van der Waals surface area contributed by atoms with Crippen molar-refractivity contribution in [2.24, 2.45) is 11.8 Å². The van der Waals surface area contributed by atoms with Gasteiger partial charge in [-0.05, 0) is 43.6 Å². The Morgan fingerprint density at radius 1 is 1.21 bits per heavy atom. The molecule has 0 saturated carbocycles. The molecule has 1 saturated heterocycles. The average molecular weight is 378 g/mol. The van der Waals surface area contributed by atoms with Crippen LogP contribution in [0, 0.1) is 11.8 Å². The Bertz CT molecular complexity index is 392. The molecule has 0 amide bonds. The Hall–Kier alpha value is -0.570. The van der Waals surface area contributed by atoms with E-state index in [0.717, 1.165) is 24.3 Å². The van der Waals surface area contributed by atoms with Crippen LogP contribution in [0.15, 0.2) is 0 Å². The van der Waals surface area contributed by atoms with Gasteiger partial charge in [-0.25, -0.2) is 8.78 Å². The molecular formula is C15H23F5O3S. The number of carbonyl (C=O) groups is 1. The number of hydrogen-bond acceptors (Lipinski definition) is 4. The Morgan fingerprint density at radius 2 is 1.79 bits per heavy atom. The predicted octanol–water partition coefficient (Wildman–Crippen LogP) is 4.30. The summed E-state index contributed by atoms with van der Waals surface area (Å²) in [6, 6.07) is 0. The highest BCUT2D eigenvalue weighted by Crippen LogP contribution is 2.29. The van der Waals surface area contributed by atoms with Crippen LogP contribution in [-0.4, -0.2) is 48.9 Å². The van der Waals surface area contributed by atoms with E-state index in [-0.39, 0.29) is 6.61 Å². The lowest BCUT2D eigenvalue weighted by Gasteiger charge is -2.26. The van der Waals surface area contributed by atoms with Gasteiger partial charge in [0.2, 0.25) is 0 Å². The quantitative estimate of drug-likeness (QED) is 0.358. The van der Waals surface area contributed by atoms with Crippen LogP contribution in [0.5, 0.6) is 0 Å². The lowest BCUT2D eigenvalue weighted by Crippen LogP contribution is -2.42. The summed E-state index contributed by atoms with van der Waals surface area (Å²) in [7, 11) is 0.